The Bertz CT molecular complexity index is 684. The zero-order valence-electron chi connectivity index (χ0n) is 14.6. The van der Waals surface area contributed by atoms with E-state index in [-0.39, 0.29) is 18.9 Å². The van der Waals surface area contributed by atoms with E-state index in [0.29, 0.717) is 25.3 Å². The quantitative estimate of drug-likeness (QED) is 0.629. The number of aliphatic carboxylic acids is 1. The van der Waals surface area contributed by atoms with Gasteiger partial charge in [0.15, 0.2) is 6.10 Å². The second-order valence-corrected chi connectivity index (χ2v) is 6.62. The molecule has 0 bridgehead atoms. The summed E-state index contributed by atoms with van der Waals surface area (Å²) in [5, 5.41) is 13.9. The highest BCUT2D eigenvalue weighted by molar-refractivity contribution is 7.09. The van der Waals surface area contributed by atoms with Crippen LogP contribution in [0.2, 0.25) is 0 Å². The van der Waals surface area contributed by atoms with Crippen LogP contribution in [0.4, 0.5) is 0 Å². The Hall–Kier alpha value is -2.38. The summed E-state index contributed by atoms with van der Waals surface area (Å²) in [7, 11) is 0. The molecule has 0 unspecified atom stereocenters. The van der Waals surface area contributed by atoms with Crippen molar-refractivity contribution in [1.29, 1.82) is 0 Å². The third-order valence-electron chi connectivity index (χ3n) is 3.63. The van der Waals surface area contributed by atoms with Gasteiger partial charge in [-0.1, -0.05) is 18.2 Å². The Morgan fingerprint density at radius 3 is 2.62 bits per heavy atom. The lowest BCUT2D eigenvalue weighted by Gasteiger charge is -2.13. The van der Waals surface area contributed by atoms with Crippen LogP contribution in [-0.4, -0.2) is 36.3 Å². The smallest absolute Gasteiger partial charge is 0.333 e. The van der Waals surface area contributed by atoms with Gasteiger partial charge < -0.3 is 19.9 Å². The molecule has 6 nitrogen and oxygen atoms in total. The molecule has 0 aliphatic heterocycles. The Balaban J connectivity index is 1.71. The van der Waals surface area contributed by atoms with Crippen LogP contribution in [-0.2, 0) is 27.3 Å². The first-order valence-electron chi connectivity index (χ1n) is 8.43. The molecule has 7 heteroatoms. The summed E-state index contributed by atoms with van der Waals surface area (Å²) in [6.07, 6.45) is -0.272. The van der Waals surface area contributed by atoms with E-state index in [9.17, 15) is 9.59 Å². The Morgan fingerprint density at radius 1 is 1.23 bits per heavy atom. The summed E-state index contributed by atoms with van der Waals surface area (Å²) >= 11 is 1.60. The maximum Gasteiger partial charge on any atom is 0.333 e. The topological polar surface area (TPSA) is 84.9 Å². The van der Waals surface area contributed by atoms with Crippen molar-refractivity contribution in [1.82, 2.24) is 5.32 Å². The number of rotatable bonds is 11. The van der Waals surface area contributed by atoms with Gasteiger partial charge in [-0.05, 0) is 36.1 Å². The SMILES string of the molecule is CCO[C@H](Cc1ccc(OCCC(=O)NCc2cccs2)cc1)C(=O)O. The Morgan fingerprint density at radius 2 is 2.00 bits per heavy atom. The zero-order valence-corrected chi connectivity index (χ0v) is 15.5. The molecule has 2 aromatic rings. The van der Waals surface area contributed by atoms with Gasteiger partial charge in [-0.2, -0.15) is 0 Å². The van der Waals surface area contributed by atoms with E-state index in [1.54, 1.807) is 42.5 Å². The maximum atomic E-state index is 11.8. The minimum atomic E-state index is -0.972. The van der Waals surface area contributed by atoms with Crippen LogP contribution in [0, 0.1) is 0 Å². The number of thiophene rings is 1. The first kappa shape index (κ1) is 19.9. The Labute approximate surface area is 156 Å². The average molecular weight is 377 g/mol. The van der Waals surface area contributed by atoms with E-state index in [1.165, 1.54) is 0 Å². The van der Waals surface area contributed by atoms with Gasteiger partial charge in [-0.25, -0.2) is 4.79 Å². The van der Waals surface area contributed by atoms with E-state index in [4.69, 9.17) is 14.6 Å². The number of carboxylic acids is 1. The molecule has 26 heavy (non-hydrogen) atoms. The lowest BCUT2D eigenvalue weighted by atomic mass is 10.1. The van der Waals surface area contributed by atoms with Crippen molar-refractivity contribution in [2.75, 3.05) is 13.2 Å². The highest BCUT2D eigenvalue weighted by atomic mass is 32.1. The highest BCUT2D eigenvalue weighted by Crippen LogP contribution is 2.15. The fraction of sp³-hybridized carbons (Fsp3) is 0.368. The van der Waals surface area contributed by atoms with Gasteiger partial charge in [0.05, 0.1) is 19.6 Å². The number of hydrogen-bond acceptors (Lipinski definition) is 5. The summed E-state index contributed by atoms with van der Waals surface area (Å²) < 4.78 is 10.8. The van der Waals surface area contributed by atoms with Crippen molar-refractivity contribution in [3.05, 3.63) is 52.2 Å². The monoisotopic (exact) mass is 377 g/mol. The predicted molar refractivity (Wildman–Crippen MR) is 99.5 cm³/mol. The predicted octanol–water partition coefficient (Wildman–Crippen LogP) is 2.87. The van der Waals surface area contributed by atoms with Crippen molar-refractivity contribution in [2.24, 2.45) is 0 Å². The van der Waals surface area contributed by atoms with Crippen molar-refractivity contribution in [3.8, 4) is 5.75 Å². The second-order valence-electron chi connectivity index (χ2n) is 5.58. The molecule has 1 aromatic heterocycles. The van der Waals surface area contributed by atoms with Crippen LogP contribution in [0.1, 0.15) is 23.8 Å². The van der Waals surface area contributed by atoms with E-state index >= 15 is 0 Å². The average Bonchev–Trinajstić information content (AvgIpc) is 3.14. The molecule has 1 heterocycles. The minimum Gasteiger partial charge on any atom is -0.493 e. The van der Waals surface area contributed by atoms with Gasteiger partial charge in [0.25, 0.3) is 0 Å². The summed E-state index contributed by atoms with van der Waals surface area (Å²) in [5.41, 5.74) is 0.854. The fourth-order valence-electron chi connectivity index (χ4n) is 2.30. The fourth-order valence-corrected chi connectivity index (χ4v) is 2.95. The lowest BCUT2D eigenvalue weighted by molar-refractivity contribution is -0.149. The van der Waals surface area contributed by atoms with Crippen LogP contribution in [0.3, 0.4) is 0 Å². The van der Waals surface area contributed by atoms with E-state index in [0.717, 1.165) is 10.4 Å². The molecule has 1 atom stereocenters. The van der Waals surface area contributed by atoms with Crippen molar-refractivity contribution < 1.29 is 24.2 Å². The number of ether oxygens (including phenoxy) is 2. The molecule has 0 radical (unpaired) electrons. The Kier molecular flexibility index (Phi) is 8.11. The van der Waals surface area contributed by atoms with Crippen LogP contribution >= 0.6 is 11.3 Å². The number of amides is 1. The number of carboxylic acid groups (broad SMARTS) is 1. The van der Waals surface area contributed by atoms with E-state index in [1.807, 2.05) is 17.5 Å². The van der Waals surface area contributed by atoms with Gasteiger partial charge in [-0.15, -0.1) is 11.3 Å². The number of nitrogens with one attached hydrogen (secondary N) is 1. The summed E-state index contributed by atoms with van der Waals surface area (Å²) in [6.45, 7) is 2.94. The lowest BCUT2D eigenvalue weighted by Crippen LogP contribution is -2.26. The molecular formula is C19H23NO5S. The number of carbonyl (C=O) groups excluding carboxylic acids is 1. The van der Waals surface area contributed by atoms with Gasteiger partial charge in [-0.3, -0.25) is 4.79 Å². The maximum absolute atomic E-state index is 11.8. The van der Waals surface area contributed by atoms with Crippen molar-refractivity contribution in [2.45, 2.75) is 32.4 Å². The van der Waals surface area contributed by atoms with Gasteiger partial charge in [0.1, 0.15) is 5.75 Å². The highest BCUT2D eigenvalue weighted by Gasteiger charge is 2.17. The molecule has 0 saturated carbocycles. The second kappa shape index (κ2) is 10.6. The summed E-state index contributed by atoms with van der Waals surface area (Å²) in [6, 6.07) is 11.1. The molecule has 0 spiro atoms. The third kappa shape index (κ3) is 6.85. The van der Waals surface area contributed by atoms with E-state index < -0.39 is 12.1 Å². The van der Waals surface area contributed by atoms with Crippen LogP contribution in [0.5, 0.6) is 5.75 Å². The zero-order chi connectivity index (χ0) is 18.8. The molecular weight excluding hydrogens is 354 g/mol. The van der Waals surface area contributed by atoms with Crippen molar-refractivity contribution in [3.63, 3.8) is 0 Å². The normalized spacial score (nSPS) is 11.7. The van der Waals surface area contributed by atoms with E-state index in [2.05, 4.69) is 5.32 Å². The third-order valence-corrected chi connectivity index (χ3v) is 4.50. The molecule has 1 aromatic carbocycles. The molecule has 0 aliphatic rings. The number of benzene rings is 1. The van der Waals surface area contributed by atoms with Crippen LogP contribution in [0.25, 0.3) is 0 Å². The minimum absolute atomic E-state index is 0.0592. The molecule has 1 amide bonds. The van der Waals surface area contributed by atoms with Crippen LogP contribution < -0.4 is 10.1 Å². The number of carbonyl (C=O) groups is 2. The molecule has 140 valence electrons. The molecule has 0 aliphatic carbocycles. The molecule has 2 rings (SSSR count). The number of hydrogen-bond donors (Lipinski definition) is 2. The first-order valence-corrected chi connectivity index (χ1v) is 9.31. The van der Waals surface area contributed by atoms with Gasteiger partial charge in [0, 0.05) is 17.9 Å². The molecule has 0 saturated heterocycles. The van der Waals surface area contributed by atoms with Crippen LogP contribution in [0.15, 0.2) is 41.8 Å². The summed E-state index contributed by atoms with van der Waals surface area (Å²) in [4.78, 5) is 24.0. The first-order chi connectivity index (χ1) is 12.6. The molecule has 2 N–H and O–H groups in total. The largest absolute Gasteiger partial charge is 0.493 e. The summed E-state index contributed by atoms with van der Waals surface area (Å²) in [5.74, 6) is -0.389. The van der Waals surface area contributed by atoms with Crippen molar-refractivity contribution >= 4 is 23.2 Å². The molecule has 0 fully saturated rings. The van der Waals surface area contributed by atoms with Gasteiger partial charge in [0.2, 0.25) is 5.91 Å². The standard InChI is InChI=1S/C19H23NO5S/c1-2-24-17(19(22)23)12-14-5-7-15(8-6-14)25-10-9-18(21)20-13-16-4-3-11-26-16/h3-8,11,17H,2,9-10,12-13H2,1H3,(H,20,21)(H,22,23)/t17-/m1/s1. The van der Waals surface area contributed by atoms with Gasteiger partial charge >= 0.3 is 5.97 Å².